The summed E-state index contributed by atoms with van der Waals surface area (Å²) in [5.74, 6) is -2.65. The molecular formula is C84H123ClN17O11S3V3W3-3. The van der Waals surface area contributed by atoms with Crippen LogP contribution in [0.4, 0.5) is 0 Å². The van der Waals surface area contributed by atoms with E-state index in [1.54, 1.807) is 48.7 Å². The number of amides is 7. The third kappa shape index (κ3) is 36.6. The van der Waals surface area contributed by atoms with Crippen molar-refractivity contribution in [1.29, 1.82) is 0 Å². The third-order valence-electron chi connectivity index (χ3n) is 19.7. The molecule has 0 aliphatic carbocycles. The first kappa shape index (κ1) is 123. The van der Waals surface area contributed by atoms with Crippen LogP contribution in [-0.2, 0) is 186 Å². The molecule has 3 saturated heterocycles. The summed E-state index contributed by atoms with van der Waals surface area (Å²) in [5, 5.41) is 25.7. The van der Waals surface area contributed by atoms with Crippen molar-refractivity contribution in [2.75, 3.05) is 59.2 Å². The van der Waals surface area contributed by atoms with Crippen LogP contribution in [0.15, 0.2) is 99.6 Å². The number of nitrogens with one attached hydrogen (secondary N) is 4. The summed E-state index contributed by atoms with van der Waals surface area (Å²) in [6.07, 6.45) is 6.06. The Kier molecular flexibility index (Phi) is 57.5. The number of hydrogen-bond acceptors (Lipinski definition) is 19. The number of ether oxygens (including phenoxy) is 2. The number of azide groups is 2. The topological polar surface area (TPSA) is 404 Å². The Morgan fingerprint density at radius 3 is 1.09 bits per heavy atom. The second-order valence-corrected chi connectivity index (χ2v) is 35.9. The van der Waals surface area contributed by atoms with E-state index >= 15 is 0 Å². The van der Waals surface area contributed by atoms with E-state index in [2.05, 4.69) is 100 Å². The number of aromatic nitrogens is 3. The van der Waals surface area contributed by atoms with Gasteiger partial charge in [-0.05, 0) is 81.5 Å². The maximum absolute atomic E-state index is 13.8. The number of carbonyl (C=O) groups excluding carboxylic acids is 7. The van der Waals surface area contributed by atoms with Gasteiger partial charge in [0.1, 0.15) is 24.6 Å². The molecule has 3 aromatic carbocycles. The smallest absolute Gasteiger partial charge is 0.329 e. The van der Waals surface area contributed by atoms with Crippen molar-refractivity contribution in [2.45, 2.75) is 202 Å². The van der Waals surface area contributed by atoms with Gasteiger partial charge in [0.2, 0.25) is 41.4 Å². The standard InChI is InChI=1S/C28H38N7O4S.C25H34N3O2S.C24H31ClN3O2S.C4H7N3O3.C2H6.CH4.H3N.3V.3W/c1-18-22(40-17-31-18)20-9-7-19(8-10-20)15-30-25(37)24-28(5,6)11-13-35(24)26(38)23(27(2,3)4)33-21(36)16-39-14-12-32-34-29;1-16(24(3,4)5)23(30)28-13-12-25(6,7)21(28)22(29)26-14-18-8-10-19(11-9-18)20-17(2)27-15-31-20;1-15-18(31-14-27-15)17-9-7-16(8-10-17)13-26-21(29)20-24(5,6)11-12-28(20)22(30)19(25)23(2,3)4;5-7-6-1-2-10-3-4(8)9;1-2;;;;;;;;/h7-11,17,23-24H,12-16H2,1-6H3,(H,30,37)(H,33,36);8-12,15-16,21H,13-14H2,1-7H3,(H,26,29);7-11,14,19-20H,12-13H2,1-6H3,(H,26,29);1-3H2,(H,8,9);1-2H3;1H4;1H3;;;;;;/q3*-1;;;;;;;;;;/t23-,24-;16-,21-;19-,20-;;;;;;;;;;/m111........../s1. The second kappa shape index (κ2) is 57.0. The summed E-state index contributed by atoms with van der Waals surface area (Å²) < 4.78 is 9.77. The Labute approximate surface area is 818 Å². The molecule has 7 amide bonds. The first-order valence-corrected chi connectivity index (χ1v) is 41.1. The zero-order valence-electron chi connectivity index (χ0n) is 73.1. The Hall–Kier alpha value is -5.08. The molecule has 3 aromatic heterocycles. The molecule has 3 aliphatic rings. The first-order valence-electron chi connectivity index (χ1n) is 38.0. The second-order valence-electron chi connectivity index (χ2n) is 32.9. The Morgan fingerprint density at radius 1 is 0.533 bits per heavy atom. The fourth-order valence-corrected chi connectivity index (χ4v) is 15.2. The number of thiazole rings is 3. The quantitative estimate of drug-likeness (QED) is 0.00734. The molecule has 6 heterocycles. The monoisotopic (exact) mass is 2380 g/mol. The van der Waals surface area contributed by atoms with Crippen LogP contribution in [0, 0.1) is 78.4 Å². The van der Waals surface area contributed by atoms with Gasteiger partial charge < -0.3 is 76.0 Å². The van der Waals surface area contributed by atoms with Gasteiger partial charge in [0.05, 0.1) is 79.6 Å². The number of hydrogen-bond donors (Lipinski definition) is 6. The predicted molar refractivity (Wildman–Crippen MR) is 463 cm³/mol. The van der Waals surface area contributed by atoms with E-state index in [-0.39, 0.29) is 236 Å². The van der Waals surface area contributed by atoms with Gasteiger partial charge in [-0.1, -0.05) is 215 Å². The van der Waals surface area contributed by atoms with Crippen LogP contribution >= 0.6 is 45.6 Å². The summed E-state index contributed by atoms with van der Waals surface area (Å²) in [4.78, 5) is 129. The minimum atomic E-state index is -1.03. The van der Waals surface area contributed by atoms with Gasteiger partial charge in [0.25, 0.3) is 0 Å². The minimum absolute atomic E-state index is 0. The number of aryl methyl sites for hydroxylation is 3. The van der Waals surface area contributed by atoms with Gasteiger partial charge in [-0.15, -0.1) is 81.5 Å². The molecule has 38 heteroatoms. The van der Waals surface area contributed by atoms with Crippen molar-refractivity contribution in [3.05, 3.63) is 163 Å². The normalized spacial score (nSPS) is 16.2. The number of rotatable bonds is 26. The number of benzene rings is 3. The van der Waals surface area contributed by atoms with Gasteiger partial charge in [-0.2, -0.15) is 0 Å². The number of carbonyl (C=O) groups is 8. The maximum atomic E-state index is 13.8. The van der Waals surface area contributed by atoms with Crippen LogP contribution in [0.3, 0.4) is 0 Å². The average Bonchev–Trinajstić information content (AvgIpc) is 1.63. The van der Waals surface area contributed by atoms with E-state index in [4.69, 9.17) is 32.5 Å². The number of aliphatic carboxylic acids is 1. The summed E-state index contributed by atoms with van der Waals surface area (Å²) in [7, 11) is 0. The van der Waals surface area contributed by atoms with Gasteiger partial charge in [0, 0.05) is 167 Å². The van der Waals surface area contributed by atoms with Crippen LogP contribution < -0.4 is 27.4 Å². The molecule has 122 heavy (non-hydrogen) atoms. The molecule has 6 aromatic rings. The molecule has 3 aliphatic heterocycles. The summed E-state index contributed by atoms with van der Waals surface area (Å²) in [5.41, 5.74) is 28.4. The van der Waals surface area contributed by atoms with Crippen LogP contribution in [0.2, 0.25) is 0 Å². The van der Waals surface area contributed by atoms with Crippen LogP contribution in [0.25, 0.3) is 52.2 Å². The molecule has 0 spiro atoms. The van der Waals surface area contributed by atoms with E-state index in [9.17, 15) is 38.4 Å². The molecule has 0 saturated carbocycles. The van der Waals surface area contributed by atoms with E-state index in [1.165, 1.54) is 4.88 Å². The fraction of sp³-hybridized carbons (Fsp3) is 0.548. The largest absolute Gasteiger partial charge is 0.480 e. The van der Waals surface area contributed by atoms with Crippen molar-refractivity contribution in [1.82, 2.24) is 57.1 Å². The van der Waals surface area contributed by atoms with Crippen molar-refractivity contribution >= 4 is 92.9 Å². The Morgan fingerprint density at radius 2 is 0.828 bits per heavy atom. The molecule has 3 fully saturated rings. The number of alkyl halides is 1. The maximum Gasteiger partial charge on any atom is 0.329 e. The van der Waals surface area contributed by atoms with E-state index < -0.39 is 57.7 Å². The van der Waals surface area contributed by atoms with Gasteiger partial charge in [-0.3, -0.25) is 33.6 Å². The molecular weight excluding hydrogens is 2260 g/mol. The molecule has 6 atom stereocenters. The first-order chi connectivity index (χ1) is 53.4. The third-order valence-corrected chi connectivity index (χ3v) is 23.5. The number of carboxylic acid groups (broad SMARTS) is 1. The Balaban J connectivity index is -0.000000782. The van der Waals surface area contributed by atoms with Crippen molar-refractivity contribution in [3.63, 3.8) is 0 Å². The molecule has 0 unspecified atom stereocenters. The van der Waals surface area contributed by atoms with Crippen LogP contribution in [0.1, 0.15) is 166 Å². The van der Waals surface area contributed by atoms with Gasteiger partial charge in [0.15, 0.2) is 0 Å². The molecule has 28 nitrogen and oxygen atoms in total. The molecule has 671 valence electrons. The van der Waals surface area contributed by atoms with Crippen LogP contribution in [-0.4, -0.2) is 171 Å². The number of nitrogens with zero attached hydrogens (tertiary/aromatic N) is 12. The van der Waals surface area contributed by atoms with E-state index in [0.29, 0.717) is 32.7 Å². The SMILES string of the molecule is C.CC.Cc1ncsc1-c1ccc(CNC(=O)[C@H]2N(C(=O)[C@@H](C)C(C)(C)C)C[CH-]C2(C)C)cc1.Cc1ncsc1-c1ccc(CNC(=O)[C@H]2N(C(=O)[C@@H](Cl)C(C)(C)C)C[CH-]C2(C)C)cc1.Cc1ncsc1-c1ccc(CNC(=O)[C@H]2N(C(=O)[C@@H](NC(=O)COCCN=[N+]=[N-])C(C)(C)C)C[CH-]C2(C)C)cc1.N.[N-]=[N+]=NCCOCC(=O)O.[V].[V].[V].[W].[W].[W]. The fourth-order valence-electron chi connectivity index (χ4n) is 12.6. The number of likely N-dealkylation sites (tertiary alicyclic amines) is 3. The molecule has 9 rings (SSSR count). The molecule has 0 bridgehead atoms. The predicted octanol–water partition coefficient (Wildman–Crippen LogP) is 15.9. The average molecular weight is 2380 g/mol. The summed E-state index contributed by atoms with van der Waals surface area (Å²) in [6.45, 7) is 43.6. The van der Waals surface area contributed by atoms with Gasteiger partial charge >= 0.3 is 5.97 Å². The zero-order valence-corrected chi connectivity index (χ0v) is 89.3. The van der Waals surface area contributed by atoms with Crippen LogP contribution in [0.5, 0.6) is 0 Å². The molecule has 3 radical (unpaired) electrons. The van der Waals surface area contributed by atoms with Gasteiger partial charge in [-0.25, -0.2) is 19.7 Å². The van der Waals surface area contributed by atoms with Crippen molar-refractivity contribution in [3.8, 4) is 31.3 Å². The summed E-state index contributed by atoms with van der Waals surface area (Å²) in [6, 6.07) is 21.6. The van der Waals surface area contributed by atoms with Crippen molar-refractivity contribution in [2.24, 2.45) is 48.6 Å². The summed E-state index contributed by atoms with van der Waals surface area (Å²) >= 11 is 11.3. The Bertz CT molecular complexity index is 4170. The molecule has 8 N–H and O–H groups in total. The van der Waals surface area contributed by atoms with Crippen molar-refractivity contribution < 1.29 is 172 Å². The van der Waals surface area contributed by atoms with E-state index in [0.717, 1.165) is 60.2 Å². The van der Waals surface area contributed by atoms with E-state index in [1.807, 2.05) is 215 Å². The zero-order chi connectivity index (χ0) is 85.3. The minimum Gasteiger partial charge on any atom is -0.480 e. The number of carboxylic acids is 1. The number of halogens is 1.